The predicted molar refractivity (Wildman–Crippen MR) is 72.9 cm³/mol. The van der Waals surface area contributed by atoms with Crippen molar-refractivity contribution in [3.05, 3.63) is 35.6 Å². The number of carbonyl (C=O) groups is 1. The van der Waals surface area contributed by atoms with Gasteiger partial charge in [-0.2, -0.15) is 0 Å². The summed E-state index contributed by atoms with van der Waals surface area (Å²) in [6.07, 6.45) is 2.88. The van der Waals surface area contributed by atoms with Gasteiger partial charge in [-0.15, -0.1) is 0 Å². The molecule has 1 saturated heterocycles. The summed E-state index contributed by atoms with van der Waals surface area (Å²) in [5.74, 6) is -1.69. The molecular weight excluding hydrogens is 275 g/mol. The maximum absolute atomic E-state index is 14.1. The maximum Gasteiger partial charge on any atom is 0.338 e. The number of halogens is 1. The lowest BCUT2D eigenvalue weighted by atomic mass is 9.94. The molecule has 1 aliphatic carbocycles. The summed E-state index contributed by atoms with van der Waals surface area (Å²) in [4.78, 5) is 12.0. The quantitative estimate of drug-likeness (QED) is 0.786. The lowest BCUT2D eigenvalue weighted by molar-refractivity contribution is -0.199. The third-order valence-electron chi connectivity index (χ3n) is 4.22. The van der Waals surface area contributed by atoms with E-state index in [4.69, 9.17) is 14.2 Å². The van der Waals surface area contributed by atoms with Crippen molar-refractivity contribution >= 4 is 5.97 Å². The summed E-state index contributed by atoms with van der Waals surface area (Å²) in [7, 11) is 1.30. The molecule has 114 valence electrons. The molecule has 0 radical (unpaired) electrons. The van der Waals surface area contributed by atoms with Gasteiger partial charge in [-0.25, -0.2) is 9.18 Å². The Labute approximate surface area is 123 Å². The van der Waals surface area contributed by atoms with Gasteiger partial charge in [-0.1, -0.05) is 24.6 Å². The zero-order valence-electron chi connectivity index (χ0n) is 12.0. The van der Waals surface area contributed by atoms with E-state index in [-0.39, 0.29) is 0 Å². The largest absolute Gasteiger partial charge is 0.467 e. The van der Waals surface area contributed by atoms with E-state index in [1.165, 1.54) is 13.2 Å². The smallest absolute Gasteiger partial charge is 0.338 e. The van der Waals surface area contributed by atoms with Gasteiger partial charge in [0.25, 0.3) is 0 Å². The van der Waals surface area contributed by atoms with Crippen molar-refractivity contribution in [3.63, 3.8) is 0 Å². The molecule has 0 N–H and O–H groups in total. The van der Waals surface area contributed by atoms with Gasteiger partial charge in [0.05, 0.1) is 7.11 Å². The van der Waals surface area contributed by atoms with Crippen molar-refractivity contribution in [1.82, 2.24) is 0 Å². The van der Waals surface area contributed by atoms with Gasteiger partial charge in [0, 0.05) is 18.4 Å². The molecule has 0 unspecified atom stereocenters. The topological polar surface area (TPSA) is 44.8 Å². The second-order valence-corrected chi connectivity index (χ2v) is 5.59. The van der Waals surface area contributed by atoms with E-state index in [1.54, 1.807) is 18.2 Å². The van der Waals surface area contributed by atoms with Crippen LogP contribution in [0.15, 0.2) is 24.3 Å². The third kappa shape index (κ3) is 2.68. The number of carbonyl (C=O) groups excluding carboxylic acids is 1. The van der Waals surface area contributed by atoms with Crippen LogP contribution >= 0.6 is 0 Å². The fourth-order valence-corrected chi connectivity index (χ4v) is 3.16. The lowest BCUT2D eigenvalue weighted by Gasteiger charge is -2.31. The minimum absolute atomic E-state index is 0.343. The number of hydrogen-bond acceptors (Lipinski definition) is 4. The number of benzene rings is 1. The average molecular weight is 294 g/mol. The van der Waals surface area contributed by atoms with Crippen molar-refractivity contribution in [1.29, 1.82) is 0 Å². The Bertz CT molecular complexity index is 525. The van der Waals surface area contributed by atoms with Crippen molar-refractivity contribution in [3.8, 4) is 0 Å². The van der Waals surface area contributed by atoms with Gasteiger partial charge >= 0.3 is 5.97 Å². The Hall–Kier alpha value is -1.46. The van der Waals surface area contributed by atoms with Gasteiger partial charge in [0.1, 0.15) is 11.9 Å². The summed E-state index contributed by atoms with van der Waals surface area (Å²) in [5.41, 5.74) is 0.343. The first-order valence-corrected chi connectivity index (χ1v) is 7.33. The van der Waals surface area contributed by atoms with Crippen LogP contribution in [-0.4, -0.2) is 25.0 Å². The van der Waals surface area contributed by atoms with Gasteiger partial charge in [-0.05, 0) is 18.9 Å². The van der Waals surface area contributed by atoms with Gasteiger partial charge in [-0.3, -0.25) is 0 Å². The second-order valence-electron chi connectivity index (χ2n) is 5.59. The van der Waals surface area contributed by atoms with E-state index in [9.17, 15) is 9.18 Å². The normalized spacial score (nSPS) is 27.7. The molecule has 2 fully saturated rings. The molecule has 4 nitrogen and oxygen atoms in total. The van der Waals surface area contributed by atoms with E-state index in [0.717, 1.165) is 32.1 Å². The van der Waals surface area contributed by atoms with Crippen LogP contribution in [0.4, 0.5) is 4.39 Å². The number of methoxy groups -OCH3 is 1. The molecule has 0 aromatic heterocycles. The van der Waals surface area contributed by atoms with Gasteiger partial charge in [0.2, 0.25) is 0 Å². The molecule has 1 aromatic carbocycles. The van der Waals surface area contributed by atoms with Gasteiger partial charge < -0.3 is 14.2 Å². The fourth-order valence-electron chi connectivity index (χ4n) is 3.16. The van der Waals surface area contributed by atoms with E-state index in [1.807, 2.05) is 0 Å². The SMILES string of the molecule is COC(=O)[C@@H]1OC2(CCCCC2)O[C@H]1c1ccccc1F. The van der Waals surface area contributed by atoms with E-state index in [0.29, 0.717) is 5.56 Å². The molecule has 5 heteroatoms. The third-order valence-corrected chi connectivity index (χ3v) is 4.22. The first kappa shape index (κ1) is 14.5. The molecule has 1 spiro atoms. The number of esters is 1. The lowest BCUT2D eigenvalue weighted by Crippen LogP contribution is -2.35. The molecule has 0 amide bonds. The molecule has 3 rings (SSSR count). The van der Waals surface area contributed by atoms with Crippen molar-refractivity contribution in [2.45, 2.75) is 50.1 Å². The summed E-state index contributed by atoms with van der Waals surface area (Å²) in [6.45, 7) is 0. The molecule has 1 aliphatic heterocycles. The minimum Gasteiger partial charge on any atom is -0.467 e. The molecular formula is C16H19FO4. The average Bonchev–Trinajstić information content (AvgIpc) is 2.86. The van der Waals surface area contributed by atoms with Gasteiger partial charge in [0.15, 0.2) is 11.9 Å². The van der Waals surface area contributed by atoms with E-state index < -0.39 is 29.8 Å². The summed E-state index contributed by atoms with van der Waals surface area (Å²) >= 11 is 0. The molecule has 2 atom stereocenters. The standard InChI is InChI=1S/C16H19FO4/c1-19-15(18)14-13(11-7-3-4-8-12(11)17)20-16(21-14)9-5-2-6-10-16/h3-4,7-8,13-14H,2,5-6,9-10H2,1H3/t13-,14+/m0/s1. The van der Waals surface area contributed by atoms with Crippen LogP contribution in [0.25, 0.3) is 0 Å². The highest BCUT2D eigenvalue weighted by Crippen LogP contribution is 2.46. The fraction of sp³-hybridized carbons (Fsp3) is 0.562. The first-order valence-electron chi connectivity index (χ1n) is 7.33. The Kier molecular flexibility index (Phi) is 3.95. The molecule has 0 bridgehead atoms. The van der Waals surface area contributed by atoms with Crippen LogP contribution in [0, 0.1) is 5.82 Å². The van der Waals surface area contributed by atoms with Crippen LogP contribution in [-0.2, 0) is 19.0 Å². The molecule has 1 aromatic rings. The zero-order valence-corrected chi connectivity index (χ0v) is 12.0. The summed E-state index contributed by atoms with van der Waals surface area (Å²) < 4.78 is 30.8. The van der Waals surface area contributed by atoms with Crippen molar-refractivity contribution < 1.29 is 23.4 Å². The van der Waals surface area contributed by atoms with Crippen LogP contribution in [0.1, 0.15) is 43.8 Å². The monoisotopic (exact) mass is 294 g/mol. The Morgan fingerprint density at radius 1 is 1.24 bits per heavy atom. The van der Waals surface area contributed by atoms with Crippen molar-refractivity contribution in [2.75, 3.05) is 7.11 Å². The second kappa shape index (κ2) is 5.73. The van der Waals surface area contributed by atoms with Crippen LogP contribution in [0.3, 0.4) is 0 Å². The molecule has 1 saturated carbocycles. The Morgan fingerprint density at radius 2 is 1.95 bits per heavy atom. The number of rotatable bonds is 2. The summed E-state index contributed by atoms with van der Waals surface area (Å²) in [6, 6.07) is 6.32. The predicted octanol–water partition coefficient (Wildman–Crippen LogP) is 3.12. The zero-order chi connectivity index (χ0) is 14.9. The number of ether oxygens (including phenoxy) is 3. The first-order chi connectivity index (χ1) is 10.2. The van der Waals surface area contributed by atoms with E-state index >= 15 is 0 Å². The van der Waals surface area contributed by atoms with Crippen LogP contribution in [0.2, 0.25) is 0 Å². The number of hydrogen-bond donors (Lipinski definition) is 0. The maximum atomic E-state index is 14.1. The molecule has 2 aliphatic rings. The highest BCUT2D eigenvalue weighted by Gasteiger charge is 2.52. The van der Waals surface area contributed by atoms with Crippen molar-refractivity contribution in [2.24, 2.45) is 0 Å². The Morgan fingerprint density at radius 3 is 2.62 bits per heavy atom. The highest BCUT2D eigenvalue weighted by atomic mass is 19.1. The summed E-state index contributed by atoms with van der Waals surface area (Å²) in [5, 5.41) is 0. The minimum atomic E-state index is -0.912. The Balaban J connectivity index is 1.92. The molecule has 21 heavy (non-hydrogen) atoms. The van der Waals surface area contributed by atoms with E-state index in [2.05, 4.69) is 0 Å². The van der Waals surface area contributed by atoms with Crippen LogP contribution in [0.5, 0.6) is 0 Å². The van der Waals surface area contributed by atoms with Crippen LogP contribution < -0.4 is 0 Å². The highest BCUT2D eigenvalue weighted by molar-refractivity contribution is 5.76. The molecule has 1 heterocycles.